The minimum atomic E-state index is -0.484. The zero-order valence-corrected chi connectivity index (χ0v) is 21.2. The van der Waals surface area contributed by atoms with Crippen LogP contribution >= 0.6 is 11.8 Å². The van der Waals surface area contributed by atoms with E-state index in [1.807, 2.05) is 32.5 Å². The number of thioether (sulfide) groups is 1. The Bertz CT molecular complexity index is 1000. The van der Waals surface area contributed by atoms with Gasteiger partial charge in [-0.2, -0.15) is 0 Å². The van der Waals surface area contributed by atoms with E-state index in [9.17, 15) is 4.79 Å². The van der Waals surface area contributed by atoms with E-state index in [-0.39, 0.29) is 5.97 Å². The summed E-state index contributed by atoms with van der Waals surface area (Å²) < 4.78 is 11.6. The molecule has 2 aromatic rings. The van der Waals surface area contributed by atoms with Gasteiger partial charge in [0.2, 0.25) is 0 Å². The minimum Gasteiger partial charge on any atom is -0.493 e. The number of rotatable bonds is 6. The fourth-order valence-electron chi connectivity index (χ4n) is 4.54. The predicted octanol–water partition coefficient (Wildman–Crippen LogP) is 7.52. The molecule has 0 bridgehead atoms. The van der Waals surface area contributed by atoms with E-state index in [0.717, 1.165) is 36.0 Å². The van der Waals surface area contributed by atoms with Crippen molar-refractivity contribution in [1.29, 1.82) is 0 Å². The molecule has 1 aliphatic heterocycles. The molecule has 2 aromatic carbocycles. The number of allylic oxidation sites excluding steroid dienone is 1. The van der Waals surface area contributed by atoms with Crippen molar-refractivity contribution < 1.29 is 14.3 Å². The van der Waals surface area contributed by atoms with Crippen LogP contribution in [-0.2, 0) is 16.1 Å². The van der Waals surface area contributed by atoms with E-state index in [4.69, 9.17) is 9.47 Å². The van der Waals surface area contributed by atoms with Gasteiger partial charge in [0.05, 0.1) is 12.0 Å². The number of ether oxygens (including phenoxy) is 2. The molecule has 4 rings (SSSR count). The third-order valence-electron chi connectivity index (χ3n) is 6.50. The lowest BCUT2D eigenvalue weighted by Gasteiger charge is -2.17. The lowest BCUT2D eigenvalue weighted by Crippen LogP contribution is -2.22. The molecule has 0 spiro atoms. The van der Waals surface area contributed by atoms with E-state index < -0.39 is 5.41 Å². The highest BCUT2D eigenvalue weighted by Crippen LogP contribution is 2.37. The third-order valence-corrected chi connectivity index (χ3v) is 7.59. The van der Waals surface area contributed by atoms with Crippen LogP contribution in [0.5, 0.6) is 5.75 Å². The predicted molar refractivity (Wildman–Crippen MR) is 137 cm³/mol. The van der Waals surface area contributed by atoms with Crippen LogP contribution in [0.2, 0.25) is 0 Å². The fraction of sp³-hybridized carbons (Fsp3) is 0.483. The lowest BCUT2D eigenvalue weighted by molar-refractivity contribution is -0.154. The molecule has 0 unspecified atom stereocenters. The van der Waals surface area contributed by atoms with Crippen molar-refractivity contribution in [1.82, 2.24) is 0 Å². The van der Waals surface area contributed by atoms with Crippen LogP contribution in [0.15, 0.2) is 53.4 Å². The lowest BCUT2D eigenvalue weighted by atomic mass is 9.96. The molecule has 0 amide bonds. The molecule has 176 valence electrons. The summed E-state index contributed by atoms with van der Waals surface area (Å²) in [4.78, 5) is 13.4. The molecule has 0 radical (unpaired) electrons. The zero-order chi connectivity index (χ0) is 23.4. The van der Waals surface area contributed by atoms with Gasteiger partial charge in [0.25, 0.3) is 0 Å². The van der Waals surface area contributed by atoms with Gasteiger partial charge in [0.15, 0.2) is 0 Å². The molecule has 2 atom stereocenters. The highest BCUT2D eigenvalue weighted by Gasteiger charge is 2.24. The Morgan fingerprint density at radius 1 is 1.09 bits per heavy atom. The van der Waals surface area contributed by atoms with Crippen LogP contribution in [0.3, 0.4) is 0 Å². The number of fused-ring (bicyclic) bond motifs is 1. The molecule has 0 saturated heterocycles. The molecule has 1 fully saturated rings. The second kappa shape index (κ2) is 10.4. The van der Waals surface area contributed by atoms with E-state index in [0.29, 0.717) is 12.5 Å². The van der Waals surface area contributed by atoms with Crippen LogP contribution in [0.4, 0.5) is 0 Å². The summed E-state index contributed by atoms with van der Waals surface area (Å²) in [6.07, 6.45) is 7.28. The van der Waals surface area contributed by atoms with Gasteiger partial charge in [0.1, 0.15) is 12.4 Å². The Labute approximate surface area is 203 Å². The Morgan fingerprint density at radius 2 is 1.88 bits per heavy atom. The molecule has 1 heterocycles. The van der Waals surface area contributed by atoms with Gasteiger partial charge in [-0.3, -0.25) is 4.79 Å². The van der Waals surface area contributed by atoms with Gasteiger partial charge in [-0.15, -0.1) is 11.8 Å². The average Bonchev–Trinajstić information content (AvgIpc) is 3.09. The van der Waals surface area contributed by atoms with Gasteiger partial charge in [-0.1, -0.05) is 43.7 Å². The van der Waals surface area contributed by atoms with Crippen molar-refractivity contribution in [2.45, 2.75) is 64.9 Å². The molecule has 1 aliphatic carbocycles. The van der Waals surface area contributed by atoms with Crippen molar-refractivity contribution >= 4 is 23.3 Å². The number of benzene rings is 2. The van der Waals surface area contributed by atoms with E-state index >= 15 is 0 Å². The first-order valence-electron chi connectivity index (χ1n) is 12.2. The molecular formula is C29H36O3S. The molecule has 0 N–H and O–H groups in total. The summed E-state index contributed by atoms with van der Waals surface area (Å²) in [7, 11) is 0. The SMILES string of the molecule is C[C@@H]1CC[C@H](COc2ccc(C3=CCCSc4cc(COC(=O)C(C)(C)C)ccc43)cc2)C1. The van der Waals surface area contributed by atoms with Crippen molar-refractivity contribution in [3.63, 3.8) is 0 Å². The van der Waals surface area contributed by atoms with Crippen molar-refractivity contribution in [3.05, 3.63) is 65.2 Å². The molecule has 2 aliphatic rings. The summed E-state index contributed by atoms with van der Waals surface area (Å²) in [5.74, 6) is 3.37. The molecule has 3 nitrogen and oxygen atoms in total. The molecule has 0 aromatic heterocycles. The van der Waals surface area contributed by atoms with Crippen molar-refractivity contribution in [2.24, 2.45) is 17.3 Å². The van der Waals surface area contributed by atoms with E-state index in [1.54, 1.807) is 0 Å². The first-order valence-corrected chi connectivity index (χ1v) is 13.1. The number of hydrogen-bond donors (Lipinski definition) is 0. The van der Waals surface area contributed by atoms with Crippen LogP contribution in [0.25, 0.3) is 5.57 Å². The Kier molecular flexibility index (Phi) is 7.53. The summed E-state index contributed by atoms with van der Waals surface area (Å²) in [6.45, 7) is 9.12. The highest BCUT2D eigenvalue weighted by molar-refractivity contribution is 7.99. The quantitative estimate of drug-likeness (QED) is 0.414. The van der Waals surface area contributed by atoms with Gasteiger partial charge in [0, 0.05) is 10.6 Å². The maximum atomic E-state index is 12.1. The summed E-state index contributed by atoms with van der Waals surface area (Å²) in [6, 6.07) is 15.0. The van der Waals surface area contributed by atoms with E-state index in [1.165, 1.54) is 40.9 Å². The van der Waals surface area contributed by atoms with E-state index in [2.05, 4.69) is 55.5 Å². The standard InChI is InChI=1S/C29H36O3S/c1-20-7-8-21(16-20)18-31-24-12-10-23(11-13-24)25-6-5-15-33-27-17-22(9-14-26(25)27)19-32-28(30)29(2,3)4/h6,9-14,17,20-21H,5,7-8,15-16,18-19H2,1-4H3/t20-,21+/m1/s1. The number of carbonyl (C=O) groups excluding carboxylic acids is 1. The van der Waals surface area contributed by atoms with Gasteiger partial charge < -0.3 is 9.47 Å². The largest absolute Gasteiger partial charge is 0.493 e. The summed E-state index contributed by atoms with van der Waals surface area (Å²) >= 11 is 1.87. The Hall–Kier alpha value is -2.20. The molecule has 4 heteroatoms. The normalized spacial score (nSPS) is 20.5. The molecule has 1 saturated carbocycles. The van der Waals surface area contributed by atoms with Crippen LogP contribution < -0.4 is 4.74 Å². The minimum absolute atomic E-state index is 0.171. The Morgan fingerprint density at radius 3 is 2.58 bits per heavy atom. The van der Waals surface area contributed by atoms with Gasteiger partial charge >= 0.3 is 5.97 Å². The summed E-state index contributed by atoms with van der Waals surface area (Å²) in [5.41, 5.74) is 4.28. The smallest absolute Gasteiger partial charge is 0.311 e. The zero-order valence-electron chi connectivity index (χ0n) is 20.4. The second-order valence-corrected chi connectivity index (χ2v) is 11.7. The van der Waals surface area contributed by atoms with Gasteiger partial charge in [-0.25, -0.2) is 0 Å². The number of esters is 1. The monoisotopic (exact) mass is 464 g/mol. The van der Waals surface area contributed by atoms with Gasteiger partial charge in [-0.05, 0) is 92.3 Å². The summed E-state index contributed by atoms with van der Waals surface area (Å²) in [5, 5.41) is 0. The fourth-order valence-corrected chi connectivity index (χ4v) is 5.56. The van der Waals surface area contributed by atoms with Crippen LogP contribution in [0.1, 0.15) is 70.1 Å². The third kappa shape index (κ3) is 6.23. The Balaban J connectivity index is 1.44. The van der Waals surface area contributed by atoms with Crippen LogP contribution in [0, 0.1) is 17.3 Å². The first-order chi connectivity index (χ1) is 15.8. The highest BCUT2D eigenvalue weighted by atomic mass is 32.2. The average molecular weight is 465 g/mol. The maximum Gasteiger partial charge on any atom is 0.311 e. The number of hydrogen-bond acceptors (Lipinski definition) is 4. The van der Waals surface area contributed by atoms with Crippen LogP contribution in [-0.4, -0.2) is 18.3 Å². The maximum absolute atomic E-state index is 12.1. The topological polar surface area (TPSA) is 35.5 Å². The second-order valence-electron chi connectivity index (χ2n) is 10.5. The van der Waals surface area contributed by atoms with Crippen molar-refractivity contribution in [3.8, 4) is 5.75 Å². The molecule has 33 heavy (non-hydrogen) atoms. The number of carbonyl (C=O) groups is 1. The van der Waals surface area contributed by atoms with Crippen molar-refractivity contribution in [2.75, 3.05) is 12.4 Å². The first kappa shape index (κ1) is 23.9. The molecular weight excluding hydrogens is 428 g/mol.